The summed E-state index contributed by atoms with van der Waals surface area (Å²) in [6, 6.07) is 7.21. The number of thiazole rings is 1. The minimum absolute atomic E-state index is 0.125. The first-order valence-electron chi connectivity index (χ1n) is 6.41. The molecular formula is C14H17N3O2S. The van der Waals surface area contributed by atoms with Gasteiger partial charge in [-0.2, -0.15) is 0 Å². The molecule has 1 aromatic heterocycles. The van der Waals surface area contributed by atoms with Gasteiger partial charge in [0, 0.05) is 12.2 Å². The fourth-order valence-corrected chi connectivity index (χ4v) is 2.48. The van der Waals surface area contributed by atoms with Crippen LogP contribution < -0.4 is 15.8 Å². The zero-order chi connectivity index (χ0) is 14.4. The molecule has 0 saturated heterocycles. The third kappa shape index (κ3) is 3.55. The zero-order valence-corrected chi connectivity index (χ0v) is 12.1. The SMILES string of the molecule is CCc1ncsc1C(=O)Nc1ccc(OCCN)cc1. The maximum Gasteiger partial charge on any atom is 0.267 e. The summed E-state index contributed by atoms with van der Waals surface area (Å²) < 4.78 is 5.38. The van der Waals surface area contributed by atoms with Gasteiger partial charge in [0.15, 0.2) is 0 Å². The maximum atomic E-state index is 12.1. The van der Waals surface area contributed by atoms with E-state index in [4.69, 9.17) is 10.5 Å². The molecular weight excluding hydrogens is 274 g/mol. The van der Waals surface area contributed by atoms with E-state index in [1.807, 2.05) is 6.92 Å². The number of nitrogens with zero attached hydrogens (tertiary/aromatic N) is 1. The second-order valence-electron chi connectivity index (χ2n) is 4.10. The fourth-order valence-electron chi connectivity index (χ4n) is 1.70. The van der Waals surface area contributed by atoms with Gasteiger partial charge in [-0.15, -0.1) is 11.3 Å². The second-order valence-corrected chi connectivity index (χ2v) is 4.95. The largest absolute Gasteiger partial charge is 0.492 e. The minimum Gasteiger partial charge on any atom is -0.492 e. The summed E-state index contributed by atoms with van der Waals surface area (Å²) >= 11 is 1.35. The van der Waals surface area contributed by atoms with Crippen LogP contribution in [-0.2, 0) is 6.42 Å². The van der Waals surface area contributed by atoms with Gasteiger partial charge in [-0.3, -0.25) is 4.79 Å². The Labute approximate surface area is 121 Å². The first-order chi connectivity index (χ1) is 9.74. The highest BCUT2D eigenvalue weighted by Gasteiger charge is 2.13. The van der Waals surface area contributed by atoms with E-state index in [1.165, 1.54) is 11.3 Å². The van der Waals surface area contributed by atoms with Crippen LogP contribution in [0.4, 0.5) is 5.69 Å². The molecule has 3 N–H and O–H groups in total. The van der Waals surface area contributed by atoms with Crippen LogP contribution in [0.15, 0.2) is 29.8 Å². The van der Waals surface area contributed by atoms with Crippen molar-refractivity contribution in [2.24, 2.45) is 5.73 Å². The van der Waals surface area contributed by atoms with E-state index in [0.717, 1.165) is 23.6 Å². The first-order valence-corrected chi connectivity index (χ1v) is 7.29. The van der Waals surface area contributed by atoms with E-state index in [2.05, 4.69) is 10.3 Å². The third-order valence-corrected chi connectivity index (χ3v) is 3.55. The van der Waals surface area contributed by atoms with Crippen molar-refractivity contribution in [3.05, 3.63) is 40.3 Å². The molecule has 106 valence electrons. The monoisotopic (exact) mass is 291 g/mol. The molecule has 1 aromatic carbocycles. The van der Waals surface area contributed by atoms with Gasteiger partial charge in [-0.05, 0) is 30.7 Å². The number of rotatable bonds is 6. The average molecular weight is 291 g/mol. The summed E-state index contributed by atoms with van der Waals surface area (Å²) in [4.78, 5) is 17.0. The molecule has 0 radical (unpaired) electrons. The van der Waals surface area contributed by atoms with E-state index < -0.39 is 0 Å². The van der Waals surface area contributed by atoms with Gasteiger partial charge in [0.25, 0.3) is 5.91 Å². The van der Waals surface area contributed by atoms with Gasteiger partial charge in [0.2, 0.25) is 0 Å². The lowest BCUT2D eigenvalue weighted by Crippen LogP contribution is -2.12. The Morgan fingerprint density at radius 1 is 1.40 bits per heavy atom. The van der Waals surface area contributed by atoms with Crippen LogP contribution in [0.3, 0.4) is 0 Å². The highest BCUT2D eigenvalue weighted by Crippen LogP contribution is 2.19. The Bertz CT molecular complexity index is 566. The molecule has 0 saturated carbocycles. The number of nitrogens with one attached hydrogen (secondary N) is 1. The van der Waals surface area contributed by atoms with Crippen LogP contribution in [0.5, 0.6) is 5.75 Å². The normalized spacial score (nSPS) is 10.3. The van der Waals surface area contributed by atoms with E-state index in [9.17, 15) is 4.79 Å². The van der Waals surface area contributed by atoms with Crippen molar-refractivity contribution in [1.29, 1.82) is 0 Å². The predicted molar refractivity (Wildman–Crippen MR) is 80.4 cm³/mol. The summed E-state index contributed by atoms with van der Waals surface area (Å²) in [5.74, 6) is 0.612. The Kier molecular flexibility index (Phi) is 5.09. The van der Waals surface area contributed by atoms with Crippen molar-refractivity contribution >= 4 is 22.9 Å². The number of aromatic nitrogens is 1. The summed E-state index contributed by atoms with van der Waals surface area (Å²) in [7, 11) is 0. The Morgan fingerprint density at radius 3 is 2.80 bits per heavy atom. The Morgan fingerprint density at radius 2 is 2.15 bits per heavy atom. The highest BCUT2D eigenvalue weighted by atomic mass is 32.1. The summed E-state index contributed by atoms with van der Waals surface area (Å²) in [5.41, 5.74) is 8.62. The molecule has 20 heavy (non-hydrogen) atoms. The molecule has 2 rings (SSSR count). The molecule has 6 heteroatoms. The molecule has 0 aliphatic heterocycles. The van der Waals surface area contributed by atoms with E-state index in [0.29, 0.717) is 18.0 Å². The van der Waals surface area contributed by atoms with E-state index in [1.54, 1.807) is 29.8 Å². The van der Waals surface area contributed by atoms with Crippen molar-refractivity contribution in [3.8, 4) is 5.75 Å². The number of carbonyl (C=O) groups is 1. The van der Waals surface area contributed by atoms with Crippen LogP contribution in [0.1, 0.15) is 22.3 Å². The van der Waals surface area contributed by atoms with Gasteiger partial charge in [-0.25, -0.2) is 4.98 Å². The number of nitrogens with two attached hydrogens (primary N) is 1. The predicted octanol–water partition coefficient (Wildman–Crippen LogP) is 2.30. The van der Waals surface area contributed by atoms with Crippen LogP contribution in [0, 0.1) is 0 Å². The van der Waals surface area contributed by atoms with Crippen molar-refractivity contribution in [1.82, 2.24) is 4.98 Å². The molecule has 0 atom stereocenters. The van der Waals surface area contributed by atoms with Crippen LogP contribution in [0.25, 0.3) is 0 Å². The molecule has 0 fully saturated rings. The molecule has 0 spiro atoms. The van der Waals surface area contributed by atoms with Crippen molar-refractivity contribution in [2.45, 2.75) is 13.3 Å². The number of aryl methyl sites for hydroxylation is 1. The minimum atomic E-state index is -0.125. The number of hydrogen-bond donors (Lipinski definition) is 2. The van der Waals surface area contributed by atoms with Crippen LogP contribution in [0.2, 0.25) is 0 Å². The van der Waals surface area contributed by atoms with Crippen LogP contribution in [-0.4, -0.2) is 24.0 Å². The molecule has 5 nitrogen and oxygen atoms in total. The van der Waals surface area contributed by atoms with Gasteiger partial charge >= 0.3 is 0 Å². The van der Waals surface area contributed by atoms with Crippen molar-refractivity contribution < 1.29 is 9.53 Å². The molecule has 0 unspecified atom stereocenters. The quantitative estimate of drug-likeness (QED) is 0.856. The number of amides is 1. The molecule has 0 aliphatic rings. The van der Waals surface area contributed by atoms with Gasteiger partial charge in [-0.1, -0.05) is 6.92 Å². The lowest BCUT2D eigenvalue weighted by molar-refractivity contribution is 0.102. The lowest BCUT2D eigenvalue weighted by Gasteiger charge is -2.07. The smallest absolute Gasteiger partial charge is 0.267 e. The van der Waals surface area contributed by atoms with Crippen molar-refractivity contribution in [3.63, 3.8) is 0 Å². The molecule has 0 bridgehead atoms. The zero-order valence-electron chi connectivity index (χ0n) is 11.3. The maximum absolute atomic E-state index is 12.1. The first kappa shape index (κ1) is 14.5. The molecule has 0 aliphatic carbocycles. The van der Waals surface area contributed by atoms with Gasteiger partial charge < -0.3 is 15.8 Å². The average Bonchev–Trinajstić information content (AvgIpc) is 2.95. The van der Waals surface area contributed by atoms with Gasteiger partial charge in [0.1, 0.15) is 17.2 Å². The standard InChI is InChI=1S/C14H17N3O2S/c1-2-12-13(20-9-16-12)14(18)17-10-3-5-11(6-4-10)19-8-7-15/h3-6,9H,2,7-8,15H2,1H3,(H,17,18). The Balaban J connectivity index is 2.01. The number of hydrogen-bond acceptors (Lipinski definition) is 5. The van der Waals surface area contributed by atoms with Crippen molar-refractivity contribution in [2.75, 3.05) is 18.5 Å². The van der Waals surface area contributed by atoms with E-state index in [-0.39, 0.29) is 5.91 Å². The molecule has 1 amide bonds. The van der Waals surface area contributed by atoms with E-state index >= 15 is 0 Å². The van der Waals surface area contributed by atoms with Crippen LogP contribution >= 0.6 is 11.3 Å². The highest BCUT2D eigenvalue weighted by molar-refractivity contribution is 7.12. The number of anilines is 1. The van der Waals surface area contributed by atoms with Gasteiger partial charge in [0.05, 0.1) is 11.2 Å². The molecule has 1 heterocycles. The second kappa shape index (κ2) is 7.02. The number of benzene rings is 1. The molecule has 2 aromatic rings. The third-order valence-electron chi connectivity index (χ3n) is 2.68. The topological polar surface area (TPSA) is 77.2 Å². The fraction of sp³-hybridized carbons (Fsp3) is 0.286. The number of carbonyl (C=O) groups excluding carboxylic acids is 1. The lowest BCUT2D eigenvalue weighted by atomic mass is 10.2. The summed E-state index contributed by atoms with van der Waals surface area (Å²) in [5, 5.41) is 2.85. The Hall–Kier alpha value is -1.92. The summed E-state index contributed by atoms with van der Waals surface area (Å²) in [6.45, 7) is 2.94. The number of ether oxygens (including phenoxy) is 1. The summed E-state index contributed by atoms with van der Waals surface area (Å²) in [6.07, 6.45) is 0.748.